The molecule has 5 heteroatoms. The van der Waals surface area contributed by atoms with Gasteiger partial charge in [0.1, 0.15) is 11.5 Å². The van der Waals surface area contributed by atoms with Crippen LogP contribution >= 0.6 is 0 Å². The van der Waals surface area contributed by atoms with Gasteiger partial charge in [-0.15, -0.1) is 0 Å². The molecule has 1 amide bonds. The molecule has 0 aliphatic heterocycles. The van der Waals surface area contributed by atoms with E-state index in [9.17, 15) is 9.59 Å². The van der Waals surface area contributed by atoms with E-state index in [0.29, 0.717) is 35.8 Å². The summed E-state index contributed by atoms with van der Waals surface area (Å²) in [4.78, 5) is 23.4. The molecule has 0 heterocycles. The van der Waals surface area contributed by atoms with Crippen molar-refractivity contribution in [2.45, 2.75) is 20.3 Å². The lowest BCUT2D eigenvalue weighted by Crippen LogP contribution is -2.10. The molecule has 2 aromatic rings. The summed E-state index contributed by atoms with van der Waals surface area (Å²) in [7, 11) is 0. The first-order valence-corrected chi connectivity index (χ1v) is 7.47. The Morgan fingerprint density at radius 3 is 2.09 bits per heavy atom. The largest absolute Gasteiger partial charge is 0.494 e. The van der Waals surface area contributed by atoms with Crippen LogP contribution in [0.5, 0.6) is 11.5 Å². The van der Waals surface area contributed by atoms with E-state index in [0.717, 1.165) is 0 Å². The van der Waals surface area contributed by atoms with Crippen LogP contribution in [-0.4, -0.2) is 18.5 Å². The van der Waals surface area contributed by atoms with Crippen molar-refractivity contribution in [3.8, 4) is 11.5 Å². The summed E-state index contributed by atoms with van der Waals surface area (Å²) < 4.78 is 10.6. The van der Waals surface area contributed by atoms with Crippen molar-refractivity contribution in [3.05, 3.63) is 54.1 Å². The third-order valence-corrected chi connectivity index (χ3v) is 3.07. The first-order valence-electron chi connectivity index (χ1n) is 7.47. The van der Waals surface area contributed by atoms with E-state index in [-0.39, 0.29) is 5.91 Å². The number of rotatable bonds is 6. The number of esters is 1. The van der Waals surface area contributed by atoms with Crippen LogP contribution in [-0.2, 0) is 4.79 Å². The second-order valence-electron chi connectivity index (χ2n) is 4.77. The molecule has 0 aliphatic carbocycles. The molecule has 0 atom stereocenters. The quantitative estimate of drug-likeness (QED) is 0.653. The number of anilines is 1. The molecule has 1 N–H and O–H groups in total. The molecule has 23 heavy (non-hydrogen) atoms. The maximum Gasteiger partial charge on any atom is 0.343 e. The molecule has 0 spiro atoms. The molecule has 0 aromatic heterocycles. The standard InChI is InChI=1S/C18H19NO4/c1-3-17(20)19-14-7-11-16(12-8-14)23-18(21)13-5-9-15(10-6-13)22-4-2/h5-12H,3-4H2,1-2H3,(H,19,20). The first-order chi connectivity index (χ1) is 11.1. The van der Waals surface area contributed by atoms with Crippen molar-refractivity contribution in [1.29, 1.82) is 0 Å². The predicted molar refractivity (Wildman–Crippen MR) is 87.9 cm³/mol. The topological polar surface area (TPSA) is 64.6 Å². The molecule has 0 aliphatic rings. The molecule has 5 nitrogen and oxygen atoms in total. The number of hydrogen-bond donors (Lipinski definition) is 1. The van der Waals surface area contributed by atoms with E-state index >= 15 is 0 Å². The molecule has 2 rings (SSSR count). The SMILES string of the molecule is CCOc1ccc(C(=O)Oc2ccc(NC(=O)CC)cc2)cc1. The summed E-state index contributed by atoms with van der Waals surface area (Å²) >= 11 is 0. The molecule has 0 unspecified atom stereocenters. The lowest BCUT2D eigenvalue weighted by atomic mass is 10.2. The Morgan fingerprint density at radius 1 is 0.913 bits per heavy atom. The molecule has 0 fully saturated rings. The average Bonchev–Trinajstić information content (AvgIpc) is 2.57. The van der Waals surface area contributed by atoms with Gasteiger partial charge >= 0.3 is 5.97 Å². The Bertz CT molecular complexity index is 662. The van der Waals surface area contributed by atoms with E-state index in [1.165, 1.54) is 0 Å². The number of ether oxygens (including phenoxy) is 2. The van der Waals surface area contributed by atoms with Crippen molar-refractivity contribution < 1.29 is 19.1 Å². The zero-order valence-electron chi connectivity index (χ0n) is 13.2. The molecule has 0 bridgehead atoms. The second-order valence-corrected chi connectivity index (χ2v) is 4.77. The third kappa shape index (κ3) is 4.85. The Hall–Kier alpha value is -2.82. The fourth-order valence-corrected chi connectivity index (χ4v) is 1.88. The highest BCUT2D eigenvalue weighted by Crippen LogP contribution is 2.18. The fourth-order valence-electron chi connectivity index (χ4n) is 1.88. The maximum absolute atomic E-state index is 12.1. The van der Waals surface area contributed by atoms with Gasteiger partial charge in [0.05, 0.1) is 12.2 Å². The van der Waals surface area contributed by atoms with Crippen LogP contribution in [0.3, 0.4) is 0 Å². The lowest BCUT2D eigenvalue weighted by Gasteiger charge is -2.07. The zero-order valence-corrected chi connectivity index (χ0v) is 13.2. The van der Waals surface area contributed by atoms with Crippen molar-refractivity contribution in [1.82, 2.24) is 0 Å². The molecule has 0 saturated heterocycles. The van der Waals surface area contributed by atoms with Crippen molar-refractivity contribution >= 4 is 17.6 Å². The summed E-state index contributed by atoms with van der Waals surface area (Å²) in [6, 6.07) is 13.4. The van der Waals surface area contributed by atoms with Gasteiger partial charge in [-0.25, -0.2) is 4.79 Å². The van der Waals surface area contributed by atoms with Crippen LogP contribution in [0, 0.1) is 0 Å². The van der Waals surface area contributed by atoms with Crippen molar-refractivity contribution in [2.75, 3.05) is 11.9 Å². The summed E-state index contributed by atoms with van der Waals surface area (Å²) in [5, 5.41) is 2.73. The monoisotopic (exact) mass is 313 g/mol. The zero-order chi connectivity index (χ0) is 16.7. The molecule has 120 valence electrons. The molecule has 0 saturated carbocycles. The van der Waals surface area contributed by atoms with Crippen LogP contribution in [0.1, 0.15) is 30.6 Å². The predicted octanol–water partition coefficient (Wildman–Crippen LogP) is 3.65. The maximum atomic E-state index is 12.1. The third-order valence-electron chi connectivity index (χ3n) is 3.07. The normalized spacial score (nSPS) is 10.0. The molecular formula is C18H19NO4. The Balaban J connectivity index is 1.98. The van der Waals surface area contributed by atoms with Crippen LogP contribution in [0.15, 0.2) is 48.5 Å². The van der Waals surface area contributed by atoms with Crippen LogP contribution in [0.25, 0.3) is 0 Å². The van der Waals surface area contributed by atoms with Gasteiger partial charge in [-0.2, -0.15) is 0 Å². The fraction of sp³-hybridized carbons (Fsp3) is 0.222. The number of benzene rings is 2. The first kappa shape index (κ1) is 16.5. The Labute approximate surface area is 135 Å². The smallest absolute Gasteiger partial charge is 0.343 e. The van der Waals surface area contributed by atoms with Gasteiger partial charge in [-0.3, -0.25) is 4.79 Å². The summed E-state index contributed by atoms with van der Waals surface area (Å²) in [5.74, 6) is 0.612. The number of amides is 1. The second kappa shape index (κ2) is 7.98. The minimum absolute atomic E-state index is 0.0656. The Morgan fingerprint density at radius 2 is 1.52 bits per heavy atom. The molecule has 0 radical (unpaired) electrons. The van der Waals surface area contributed by atoms with E-state index < -0.39 is 5.97 Å². The highest BCUT2D eigenvalue weighted by molar-refractivity contribution is 5.92. The minimum Gasteiger partial charge on any atom is -0.494 e. The summed E-state index contributed by atoms with van der Waals surface area (Å²) in [6.07, 6.45) is 0.411. The van der Waals surface area contributed by atoms with Gasteiger partial charge in [-0.1, -0.05) is 6.92 Å². The van der Waals surface area contributed by atoms with Gasteiger partial charge < -0.3 is 14.8 Å². The van der Waals surface area contributed by atoms with Crippen LogP contribution in [0.2, 0.25) is 0 Å². The minimum atomic E-state index is -0.446. The molecular weight excluding hydrogens is 294 g/mol. The van der Waals surface area contributed by atoms with Gasteiger partial charge in [0.2, 0.25) is 5.91 Å². The van der Waals surface area contributed by atoms with Crippen LogP contribution in [0.4, 0.5) is 5.69 Å². The van der Waals surface area contributed by atoms with Gasteiger partial charge in [-0.05, 0) is 55.5 Å². The van der Waals surface area contributed by atoms with Crippen molar-refractivity contribution in [3.63, 3.8) is 0 Å². The van der Waals surface area contributed by atoms with E-state index in [1.807, 2.05) is 6.92 Å². The number of nitrogens with one attached hydrogen (secondary N) is 1. The van der Waals surface area contributed by atoms with E-state index in [2.05, 4.69) is 5.32 Å². The number of carbonyl (C=O) groups is 2. The molecule has 2 aromatic carbocycles. The van der Waals surface area contributed by atoms with Gasteiger partial charge in [0.25, 0.3) is 0 Å². The number of hydrogen-bond acceptors (Lipinski definition) is 4. The number of carbonyl (C=O) groups excluding carboxylic acids is 2. The summed E-state index contributed by atoms with van der Waals surface area (Å²) in [5.41, 5.74) is 1.11. The van der Waals surface area contributed by atoms with E-state index in [4.69, 9.17) is 9.47 Å². The highest BCUT2D eigenvalue weighted by Gasteiger charge is 2.09. The van der Waals surface area contributed by atoms with E-state index in [1.54, 1.807) is 55.5 Å². The van der Waals surface area contributed by atoms with Crippen molar-refractivity contribution in [2.24, 2.45) is 0 Å². The average molecular weight is 313 g/mol. The van der Waals surface area contributed by atoms with Crippen LogP contribution < -0.4 is 14.8 Å². The highest BCUT2D eigenvalue weighted by atomic mass is 16.5. The Kier molecular flexibility index (Phi) is 5.74. The summed E-state index contributed by atoms with van der Waals surface area (Å²) in [6.45, 7) is 4.25. The van der Waals surface area contributed by atoms with Gasteiger partial charge in [0, 0.05) is 12.1 Å². The lowest BCUT2D eigenvalue weighted by molar-refractivity contribution is -0.115. The van der Waals surface area contributed by atoms with Gasteiger partial charge in [0.15, 0.2) is 0 Å².